The molecule has 0 amide bonds. The number of hydrogen-bond acceptors (Lipinski definition) is 15. The first-order valence-electron chi connectivity index (χ1n) is 19.5. The highest BCUT2D eigenvalue weighted by molar-refractivity contribution is 6.00. The second-order valence-electron chi connectivity index (χ2n) is 14.0. The predicted molar refractivity (Wildman–Crippen MR) is 218 cm³/mol. The van der Waals surface area contributed by atoms with Crippen LogP contribution >= 0.6 is 0 Å². The number of benzene rings is 1. The average Bonchev–Trinajstić information content (AvgIpc) is 3.85. The Morgan fingerprint density at radius 3 is 2.24 bits per heavy atom. The zero-order valence-corrected chi connectivity index (χ0v) is 32.2. The number of nitrogens with one attached hydrogen (secondary N) is 1. The van der Waals surface area contributed by atoms with Crippen molar-refractivity contribution >= 4 is 51.2 Å². The normalized spacial score (nSPS) is 13.0. The molecule has 1 fully saturated rings. The Balaban J connectivity index is 0.721. The summed E-state index contributed by atoms with van der Waals surface area (Å²) in [5, 5.41) is 16.2. The van der Waals surface area contributed by atoms with Crippen LogP contribution in [-0.2, 0) is 20.8 Å². The molecule has 300 valence electrons. The number of aromatic hydroxyl groups is 1. The molecule has 0 aliphatic carbocycles. The molecule has 0 unspecified atom stereocenters. The standard InChI is InChI=1S/C41H46N12O5/c1-2-28-23-43-40(44-24-28)51-13-15-52(16-14-51)41-45-25-30(26-46-41)35(56)8-6-17-57-19-20-58-18-11-31(54)7-4-3-5-12-53-39-36(38(42)47-27-48-39)37(50-53)34-22-29-21-32(55)9-10-33(29)49-34/h1,9-10,21-27,49,55H,3-8,11-20H2,(H2,42,47,48). The van der Waals surface area contributed by atoms with E-state index >= 15 is 0 Å². The summed E-state index contributed by atoms with van der Waals surface area (Å²) in [6, 6.07) is 7.05. The molecule has 0 bridgehead atoms. The van der Waals surface area contributed by atoms with Gasteiger partial charge in [-0.15, -0.1) is 6.42 Å². The summed E-state index contributed by atoms with van der Waals surface area (Å²) in [5.74, 6) is 4.42. The third-order valence-corrected chi connectivity index (χ3v) is 9.94. The number of H-pyrrole nitrogens is 1. The molecule has 17 nitrogen and oxygen atoms in total. The van der Waals surface area contributed by atoms with Crippen LogP contribution in [-0.4, -0.2) is 114 Å². The van der Waals surface area contributed by atoms with Gasteiger partial charge in [-0.1, -0.05) is 12.3 Å². The number of nitrogens with zero attached hydrogens (tertiary/aromatic N) is 10. The van der Waals surface area contributed by atoms with Gasteiger partial charge in [-0.25, -0.2) is 34.6 Å². The van der Waals surface area contributed by atoms with Crippen molar-refractivity contribution in [3.05, 3.63) is 66.5 Å². The van der Waals surface area contributed by atoms with E-state index < -0.39 is 0 Å². The van der Waals surface area contributed by atoms with Crippen molar-refractivity contribution < 1.29 is 24.2 Å². The quantitative estimate of drug-likeness (QED) is 0.0557. The Hall–Kier alpha value is -6.51. The number of rotatable bonds is 20. The fourth-order valence-corrected chi connectivity index (χ4v) is 6.79. The molecule has 58 heavy (non-hydrogen) atoms. The molecule has 1 saturated heterocycles. The molecule has 4 N–H and O–H groups in total. The summed E-state index contributed by atoms with van der Waals surface area (Å²) in [6.07, 6.45) is 17.5. The van der Waals surface area contributed by atoms with E-state index in [1.807, 2.05) is 16.8 Å². The van der Waals surface area contributed by atoms with Crippen LogP contribution < -0.4 is 15.5 Å². The topological polar surface area (TPSA) is 216 Å². The van der Waals surface area contributed by atoms with Gasteiger partial charge in [0.25, 0.3) is 0 Å². The maximum absolute atomic E-state index is 12.7. The van der Waals surface area contributed by atoms with E-state index in [2.05, 4.69) is 50.6 Å². The summed E-state index contributed by atoms with van der Waals surface area (Å²) in [4.78, 5) is 58.8. The Morgan fingerprint density at radius 2 is 1.52 bits per heavy atom. The van der Waals surface area contributed by atoms with E-state index in [1.165, 1.54) is 6.33 Å². The number of carbonyl (C=O) groups is 2. The van der Waals surface area contributed by atoms with Crippen molar-refractivity contribution in [2.45, 2.75) is 51.5 Å². The summed E-state index contributed by atoms with van der Waals surface area (Å²) in [5.41, 5.74) is 10.3. The van der Waals surface area contributed by atoms with Gasteiger partial charge in [0.15, 0.2) is 11.4 Å². The molecule has 17 heteroatoms. The van der Waals surface area contributed by atoms with Crippen molar-refractivity contribution in [2.24, 2.45) is 0 Å². The number of Topliss-reactive ketones (excluding diaryl/α,β-unsaturated/α-hetero) is 2. The molecule has 7 rings (SSSR count). The predicted octanol–water partition coefficient (Wildman–Crippen LogP) is 4.37. The number of nitrogens with two attached hydrogens (primary N) is 1. The number of carbonyl (C=O) groups excluding carboxylic acids is 2. The number of piperazine rings is 1. The fraction of sp³-hybridized carbons (Fsp3) is 0.390. The van der Waals surface area contributed by atoms with Gasteiger partial charge in [-0.3, -0.25) is 9.59 Å². The molecule has 1 aliphatic rings. The van der Waals surface area contributed by atoms with Crippen molar-refractivity contribution in [3.8, 4) is 29.5 Å². The van der Waals surface area contributed by atoms with Crippen LogP contribution in [0.25, 0.3) is 33.3 Å². The number of terminal acetylenes is 1. The smallest absolute Gasteiger partial charge is 0.225 e. The van der Waals surface area contributed by atoms with E-state index in [4.69, 9.17) is 26.7 Å². The lowest BCUT2D eigenvalue weighted by atomic mass is 10.1. The molecule has 0 radical (unpaired) electrons. The highest BCUT2D eigenvalue weighted by Crippen LogP contribution is 2.32. The lowest BCUT2D eigenvalue weighted by Crippen LogP contribution is -2.47. The Bertz CT molecular complexity index is 2360. The number of hydrogen-bond donors (Lipinski definition) is 3. The highest BCUT2D eigenvalue weighted by atomic mass is 16.5. The van der Waals surface area contributed by atoms with E-state index in [1.54, 1.807) is 36.9 Å². The fourth-order valence-electron chi connectivity index (χ4n) is 6.79. The van der Waals surface area contributed by atoms with Crippen molar-refractivity contribution in [1.82, 2.24) is 44.7 Å². The van der Waals surface area contributed by atoms with Crippen LogP contribution in [0.15, 0.2) is 55.4 Å². The zero-order valence-electron chi connectivity index (χ0n) is 32.2. The number of anilines is 3. The number of ketones is 2. The van der Waals surface area contributed by atoms with Crippen LogP contribution in [0.1, 0.15) is 60.9 Å². The maximum Gasteiger partial charge on any atom is 0.225 e. The molecule has 0 spiro atoms. The second-order valence-corrected chi connectivity index (χ2v) is 14.0. The van der Waals surface area contributed by atoms with Crippen LogP contribution in [0.5, 0.6) is 5.75 Å². The Kier molecular flexibility index (Phi) is 13.1. The number of nitrogen functional groups attached to an aromatic ring is 1. The van der Waals surface area contributed by atoms with Crippen LogP contribution in [0.3, 0.4) is 0 Å². The van der Waals surface area contributed by atoms with Gasteiger partial charge in [-0.2, -0.15) is 5.10 Å². The van der Waals surface area contributed by atoms with Gasteiger partial charge >= 0.3 is 0 Å². The third kappa shape index (κ3) is 9.89. The minimum absolute atomic E-state index is 0.0319. The highest BCUT2D eigenvalue weighted by Gasteiger charge is 2.22. The van der Waals surface area contributed by atoms with Crippen LogP contribution in [0.4, 0.5) is 17.7 Å². The van der Waals surface area contributed by atoms with Gasteiger partial charge < -0.3 is 35.1 Å². The molecule has 1 aliphatic heterocycles. The van der Waals surface area contributed by atoms with Gasteiger partial charge in [0.1, 0.15) is 29.4 Å². The molecule has 0 saturated carbocycles. The minimum atomic E-state index is -0.0319. The molecule has 1 aromatic carbocycles. The average molecular weight is 787 g/mol. The number of fused-ring (bicyclic) bond motifs is 2. The van der Waals surface area contributed by atoms with E-state index in [9.17, 15) is 14.7 Å². The first-order chi connectivity index (χ1) is 28.4. The number of phenols is 1. The molecule has 6 aromatic rings. The Morgan fingerprint density at radius 1 is 0.810 bits per heavy atom. The van der Waals surface area contributed by atoms with Crippen LogP contribution in [0.2, 0.25) is 0 Å². The lowest BCUT2D eigenvalue weighted by molar-refractivity contribution is -0.120. The number of unbranched alkanes of at least 4 members (excludes halogenated alkanes) is 2. The third-order valence-electron chi connectivity index (χ3n) is 9.94. The van der Waals surface area contributed by atoms with Crippen LogP contribution in [0, 0.1) is 12.3 Å². The monoisotopic (exact) mass is 786 g/mol. The molecule has 6 heterocycles. The lowest BCUT2D eigenvalue weighted by Gasteiger charge is -2.34. The van der Waals surface area contributed by atoms with Crippen molar-refractivity contribution in [1.29, 1.82) is 0 Å². The first-order valence-corrected chi connectivity index (χ1v) is 19.5. The molecular weight excluding hydrogens is 741 g/mol. The molecular formula is C41H46N12O5. The Labute approximate surface area is 335 Å². The summed E-state index contributed by atoms with van der Waals surface area (Å²) in [7, 11) is 0. The maximum atomic E-state index is 12.7. The summed E-state index contributed by atoms with van der Waals surface area (Å²) >= 11 is 0. The SMILES string of the molecule is C#Cc1cnc(N2CCN(c3ncc(C(=O)CCCOCCOCCC(=O)CCCCCn4nc(-c5cc6cc(O)ccc6[nH]5)c5c(N)ncnc54)cn3)CC2)nc1. The number of aromatic amines is 1. The summed E-state index contributed by atoms with van der Waals surface area (Å²) < 4.78 is 13.1. The van der Waals surface area contributed by atoms with Gasteiger partial charge in [-0.05, 0) is 43.5 Å². The van der Waals surface area contributed by atoms with Crippen molar-refractivity contribution in [3.63, 3.8) is 0 Å². The number of ether oxygens (including phenoxy) is 2. The van der Waals surface area contributed by atoms with E-state index in [0.29, 0.717) is 117 Å². The second kappa shape index (κ2) is 19.1. The van der Waals surface area contributed by atoms with Gasteiger partial charge in [0.2, 0.25) is 11.9 Å². The van der Waals surface area contributed by atoms with Gasteiger partial charge in [0, 0.05) is 94.3 Å². The number of aryl methyl sites for hydroxylation is 1. The largest absolute Gasteiger partial charge is 0.508 e. The first kappa shape index (κ1) is 39.7. The zero-order chi connectivity index (χ0) is 40.3. The summed E-state index contributed by atoms with van der Waals surface area (Å²) in [6.45, 7) is 5.00. The molecule has 5 aromatic heterocycles. The van der Waals surface area contributed by atoms with Crippen molar-refractivity contribution in [2.75, 3.05) is 68.1 Å². The molecule has 0 atom stereocenters. The number of phenolic OH excluding ortho intramolecular Hbond substituents is 1. The minimum Gasteiger partial charge on any atom is -0.508 e. The van der Waals surface area contributed by atoms with E-state index in [0.717, 1.165) is 48.9 Å². The van der Waals surface area contributed by atoms with E-state index in [-0.39, 0.29) is 17.3 Å². The number of aromatic nitrogens is 9. The van der Waals surface area contributed by atoms with Gasteiger partial charge in [0.05, 0.1) is 42.0 Å².